The molecule has 0 atom stereocenters. The predicted molar refractivity (Wildman–Crippen MR) is 63.4 cm³/mol. The molecular weight excluding hydrogens is 278 g/mol. The van der Waals surface area contributed by atoms with Gasteiger partial charge in [0.1, 0.15) is 6.54 Å². The Labute approximate surface area is 111 Å². The SMILES string of the molecule is Cc1ccc(-c2nnnn2CC(F)(F)C(F)F)cc1N. The average Bonchev–Trinajstić information content (AvgIpc) is 2.80. The molecule has 0 aliphatic rings. The number of aromatic nitrogens is 4. The lowest BCUT2D eigenvalue weighted by Crippen LogP contribution is -2.32. The highest BCUT2D eigenvalue weighted by Crippen LogP contribution is 2.27. The minimum Gasteiger partial charge on any atom is -0.398 e. The summed E-state index contributed by atoms with van der Waals surface area (Å²) in [6, 6.07) is 4.74. The van der Waals surface area contributed by atoms with Gasteiger partial charge >= 0.3 is 12.3 Å². The Hall–Kier alpha value is -2.19. The predicted octanol–water partition coefficient (Wildman–Crippen LogP) is 2.13. The number of halogens is 4. The van der Waals surface area contributed by atoms with Crippen LogP contribution in [0.25, 0.3) is 11.4 Å². The number of hydrogen-bond donors (Lipinski definition) is 1. The van der Waals surface area contributed by atoms with Gasteiger partial charge in [0.15, 0.2) is 5.82 Å². The molecule has 2 N–H and O–H groups in total. The Morgan fingerprint density at radius 2 is 2.05 bits per heavy atom. The second kappa shape index (κ2) is 5.06. The largest absolute Gasteiger partial charge is 0.398 e. The molecule has 0 amide bonds. The van der Waals surface area contributed by atoms with Crippen LogP contribution < -0.4 is 5.73 Å². The van der Waals surface area contributed by atoms with Crippen LogP contribution in [0.5, 0.6) is 0 Å². The lowest BCUT2D eigenvalue weighted by Gasteiger charge is -2.15. The van der Waals surface area contributed by atoms with Crippen molar-refractivity contribution < 1.29 is 17.6 Å². The van der Waals surface area contributed by atoms with Crippen LogP contribution in [0.3, 0.4) is 0 Å². The van der Waals surface area contributed by atoms with Crippen molar-refractivity contribution in [2.45, 2.75) is 25.8 Å². The maximum absolute atomic E-state index is 13.1. The molecule has 0 aliphatic heterocycles. The highest BCUT2D eigenvalue weighted by molar-refractivity contribution is 5.63. The third-order valence-electron chi connectivity index (χ3n) is 2.75. The molecule has 0 radical (unpaired) electrons. The van der Waals surface area contributed by atoms with E-state index in [0.29, 0.717) is 15.9 Å². The topological polar surface area (TPSA) is 69.6 Å². The van der Waals surface area contributed by atoms with Crippen molar-refractivity contribution in [1.82, 2.24) is 20.2 Å². The van der Waals surface area contributed by atoms with Crippen molar-refractivity contribution in [2.24, 2.45) is 0 Å². The quantitative estimate of drug-likeness (QED) is 0.691. The van der Waals surface area contributed by atoms with Crippen LogP contribution in [0, 0.1) is 6.92 Å². The van der Waals surface area contributed by atoms with Crippen molar-refractivity contribution in [3.8, 4) is 11.4 Å². The van der Waals surface area contributed by atoms with Crippen molar-refractivity contribution in [2.75, 3.05) is 5.73 Å². The van der Waals surface area contributed by atoms with Crippen LogP contribution >= 0.6 is 0 Å². The number of hydrogen-bond acceptors (Lipinski definition) is 4. The number of benzene rings is 1. The summed E-state index contributed by atoms with van der Waals surface area (Å²) in [4.78, 5) is 0. The zero-order valence-corrected chi connectivity index (χ0v) is 10.4. The number of nitrogen functional groups attached to an aromatic ring is 1. The molecule has 1 aromatic carbocycles. The first-order chi connectivity index (χ1) is 9.31. The van der Waals surface area contributed by atoms with Gasteiger partial charge in [0.25, 0.3) is 0 Å². The van der Waals surface area contributed by atoms with Gasteiger partial charge in [0, 0.05) is 11.3 Å². The van der Waals surface area contributed by atoms with Crippen LogP contribution in [0.1, 0.15) is 5.56 Å². The fraction of sp³-hybridized carbons (Fsp3) is 0.364. The fourth-order valence-electron chi connectivity index (χ4n) is 1.57. The average molecular weight is 289 g/mol. The Bertz CT molecular complexity index is 611. The van der Waals surface area contributed by atoms with E-state index < -0.39 is 18.9 Å². The van der Waals surface area contributed by atoms with Crippen LogP contribution in [-0.4, -0.2) is 32.6 Å². The zero-order chi connectivity index (χ0) is 14.9. The third kappa shape index (κ3) is 2.70. The minimum atomic E-state index is -4.21. The van der Waals surface area contributed by atoms with Gasteiger partial charge in [-0.3, -0.25) is 0 Å². The zero-order valence-electron chi connectivity index (χ0n) is 10.4. The second-order valence-corrected chi connectivity index (χ2v) is 4.29. The molecule has 9 heteroatoms. The Kier molecular flexibility index (Phi) is 3.60. The first kappa shape index (κ1) is 14.2. The molecule has 0 spiro atoms. The Morgan fingerprint density at radius 3 is 2.65 bits per heavy atom. The molecule has 5 nitrogen and oxygen atoms in total. The molecular formula is C11H11F4N5. The number of nitrogens with zero attached hydrogens (tertiary/aromatic N) is 4. The van der Waals surface area contributed by atoms with E-state index in [9.17, 15) is 17.6 Å². The van der Waals surface area contributed by atoms with E-state index in [0.717, 1.165) is 5.56 Å². The first-order valence-electron chi connectivity index (χ1n) is 5.60. The van der Waals surface area contributed by atoms with Crippen LogP contribution in [0.15, 0.2) is 18.2 Å². The number of anilines is 1. The van der Waals surface area contributed by atoms with Gasteiger partial charge in [-0.2, -0.15) is 8.78 Å². The number of alkyl halides is 4. The van der Waals surface area contributed by atoms with Crippen LogP contribution in [0.4, 0.5) is 23.2 Å². The monoisotopic (exact) mass is 289 g/mol. The molecule has 108 valence electrons. The van der Waals surface area contributed by atoms with E-state index in [4.69, 9.17) is 5.73 Å². The van der Waals surface area contributed by atoms with Gasteiger partial charge in [0.05, 0.1) is 0 Å². The summed E-state index contributed by atoms with van der Waals surface area (Å²) in [5, 5.41) is 10.1. The molecule has 2 aromatic rings. The van der Waals surface area contributed by atoms with Crippen molar-refractivity contribution in [3.63, 3.8) is 0 Å². The number of tetrazole rings is 1. The first-order valence-corrected chi connectivity index (χ1v) is 5.60. The van der Waals surface area contributed by atoms with Crippen molar-refractivity contribution >= 4 is 5.69 Å². The van der Waals surface area contributed by atoms with E-state index in [-0.39, 0.29) is 5.82 Å². The highest BCUT2D eigenvalue weighted by atomic mass is 19.3. The van der Waals surface area contributed by atoms with Gasteiger partial charge in [-0.1, -0.05) is 12.1 Å². The van der Waals surface area contributed by atoms with E-state index in [2.05, 4.69) is 15.5 Å². The second-order valence-electron chi connectivity index (χ2n) is 4.29. The molecule has 20 heavy (non-hydrogen) atoms. The third-order valence-corrected chi connectivity index (χ3v) is 2.75. The van der Waals surface area contributed by atoms with E-state index in [1.807, 2.05) is 0 Å². The van der Waals surface area contributed by atoms with E-state index >= 15 is 0 Å². The van der Waals surface area contributed by atoms with Crippen molar-refractivity contribution in [1.29, 1.82) is 0 Å². The summed E-state index contributed by atoms with van der Waals surface area (Å²) < 4.78 is 51.2. The lowest BCUT2D eigenvalue weighted by molar-refractivity contribution is -0.139. The maximum atomic E-state index is 13.1. The highest BCUT2D eigenvalue weighted by Gasteiger charge is 2.42. The summed E-state index contributed by atoms with van der Waals surface area (Å²) in [7, 11) is 0. The lowest BCUT2D eigenvalue weighted by atomic mass is 10.1. The molecule has 0 fully saturated rings. The molecule has 1 heterocycles. The maximum Gasteiger partial charge on any atom is 0.326 e. The normalized spacial score (nSPS) is 12.1. The molecule has 0 aliphatic carbocycles. The van der Waals surface area contributed by atoms with Gasteiger partial charge in [-0.25, -0.2) is 13.5 Å². The minimum absolute atomic E-state index is 0.0444. The van der Waals surface area contributed by atoms with E-state index in [1.54, 1.807) is 19.1 Å². The Balaban J connectivity index is 2.35. The fourth-order valence-corrected chi connectivity index (χ4v) is 1.57. The summed E-state index contributed by atoms with van der Waals surface area (Å²) in [5.74, 6) is -4.25. The van der Waals surface area contributed by atoms with Crippen LogP contribution in [-0.2, 0) is 6.54 Å². The summed E-state index contributed by atoms with van der Waals surface area (Å²) >= 11 is 0. The molecule has 0 unspecified atom stereocenters. The molecule has 2 rings (SSSR count). The standard InChI is InChI=1S/C11H11F4N5/c1-6-2-3-7(4-8(6)16)9-17-18-19-20(9)5-11(14,15)10(12)13/h2-4,10H,5,16H2,1H3. The molecule has 1 aromatic heterocycles. The molecule has 0 saturated carbocycles. The smallest absolute Gasteiger partial charge is 0.326 e. The number of aryl methyl sites for hydroxylation is 1. The van der Waals surface area contributed by atoms with Gasteiger partial charge in [-0.05, 0) is 29.0 Å². The molecule has 0 saturated heterocycles. The van der Waals surface area contributed by atoms with Crippen molar-refractivity contribution in [3.05, 3.63) is 23.8 Å². The number of rotatable bonds is 4. The molecule has 0 bridgehead atoms. The number of nitrogens with two attached hydrogens (primary N) is 1. The van der Waals surface area contributed by atoms with Gasteiger partial charge in [0.2, 0.25) is 0 Å². The summed E-state index contributed by atoms with van der Waals surface area (Å²) in [6.07, 6.45) is -3.79. The van der Waals surface area contributed by atoms with Crippen LogP contribution in [0.2, 0.25) is 0 Å². The Morgan fingerprint density at radius 1 is 1.35 bits per heavy atom. The van der Waals surface area contributed by atoms with Gasteiger partial charge < -0.3 is 5.73 Å². The summed E-state index contributed by atoms with van der Waals surface area (Å²) in [6.45, 7) is 0.466. The van der Waals surface area contributed by atoms with Gasteiger partial charge in [-0.15, -0.1) is 5.10 Å². The van der Waals surface area contributed by atoms with E-state index in [1.165, 1.54) is 6.07 Å². The summed E-state index contributed by atoms with van der Waals surface area (Å²) in [5.41, 5.74) is 7.31.